The molecule has 0 spiro atoms. The van der Waals surface area contributed by atoms with E-state index >= 15 is 0 Å². The number of hydrogen-bond acceptors (Lipinski definition) is 6. The monoisotopic (exact) mass is 428 g/mol. The van der Waals surface area contributed by atoms with Gasteiger partial charge in [-0.3, -0.25) is 4.90 Å². The summed E-state index contributed by atoms with van der Waals surface area (Å²) in [6, 6.07) is 5.69. The highest BCUT2D eigenvalue weighted by Crippen LogP contribution is 2.36. The van der Waals surface area contributed by atoms with Gasteiger partial charge in [0, 0.05) is 39.3 Å². The molecule has 0 amide bonds. The minimum Gasteiger partial charge on any atom is -0.423 e. The van der Waals surface area contributed by atoms with Crippen LogP contribution in [0.4, 0.5) is 0 Å². The first-order valence-electron chi connectivity index (χ1n) is 9.67. The first-order valence-corrected chi connectivity index (χ1v) is 14.0. The summed E-state index contributed by atoms with van der Waals surface area (Å²) < 4.78 is 33.3. The molecule has 1 aromatic carbocycles. The Bertz CT molecular complexity index is 742. The molecule has 1 aliphatic rings. The first-order chi connectivity index (χ1) is 12.8. The van der Waals surface area contributed by atoms with Crippen molar-refractivity contribution >= 4 is 30.9 Å². The zero-order valence-corrected chi connectivity index (χ0v) is 19.4. The van der Waals surface area contributed by atoms with Crippen molar-refractivity contribution in [2.45, 2.75) is 43.8 Å². The largest absolute Gasteiger partial charge is 0.488 e. The Morgan fingerprint density at radius 1 is 1.07 bits per heavy atom. The topological polar surface area (TPSA) is 90.3 Å². The van der Waals surface area contributed by atoms with Crippen LogP contribution in [0.3, 0.4) is 0 Å². The molecule has 0 atom stereocenters. The van der Waals surface area contributed by atoms with Crippen molar-refractivity contribution in [3.05, 3.63) is 24.3 Å². The summed E-state index contributed by atoms with van der Waals surface area (Å²) in [6.45, 7) is 14.8. The van der Waals surface area contributed by atoms with E-state index in [0.29, 0.717) is 32.8 Å². The number of piperazine rings is 1. The molecule has 10 heteroatoms. The lowest BCUT2D eigenvalue weighted by Gasteiger charge is -2.38. The van der Waals surface area contributed by atoms with Crippen molar-refractivity contribution in [1.82, 2.24) is 9.21 Å². The normalized spacial score (nSPS) is 17.7. The molecular weight excluding hydrogens is 395 g/mol. The van der Waals surface area contributed by atoms with E-state index in [1.807, 2.05) is 0 Å². The van der Waals surface area contributed by atoms with E-state index in [0.717, 1.165) is 6.54 Å². The second-order valence-corrected chi connectivity index (χ2v) is 15.5. The molecule has 0 aromatic heterocycles. The van der Waals surface area contributed by atoms with Gasteiger partial charge < -0.3 is 14.5 Å². The van der Waals surface area contributed by atoms with Crippen molar-refractivity contribution in [2.24, 2.45) is 0 Å². The SMILES string of the molecule is CC(C)(C)[Si](C)(C)OCCN1CCN(S(=O)(=O)c2ccc(B(O)O)cc2)CC1. The van der Waals surface area contributed by atoms with Crippen LogP contribution < -0.4 is 5.46 Å². The minimum absolute atomic E-state index is 0.173. The Morgan fingerprint density at radius 2 is 1.61 bits per heavy atom. The smallest absolute Gasteiger partial charge is 0.423 e. The van der Waals surface area contributed by atoms with Gasteiger partial charge in [0.05, 0.1) is 4.90 Å². The van der Waals surface area contributed by atoms with Crippen LogP contribution in [0.25, 0.3) is 0 Å². The lowest BCUT2D eigenvalue weighted by molar-refractivity contribution is 0.153. The molecule has 0 radical (unpaired) electrons. The van der Waals surface area contributed by atoms with Gasteiger partial charge >= 0.3 is 7.12 Å². The Balaban J connectivity index is 1.87. The van der Waals surface area contributed by atoms with E-state index < -0.39 is 25.5 Å². The van der Waals surface area contributed by atoms with Crippen molar-refractivity contribution in [2.75, 3.05) is 39.3 Å². The molecular formula is C18H33BN2O5SSi. The molecule has 0 saturated carbocycles. The van der Waals surface area contributed by atoms with Crippen LogP contribution in [0.2, 0.25) is 18.1 Å². The summed E-state index contributed by atoms with van der Waals surface area (Å²) in [6.07, 6.45) is 0. The van der Waals surface area contributed by atoms with Gasteiger partial charge in [0.1, 0.15) is 0 Å². The minimum atomic E-state index is -3.57. The molecule has 0 bridgehead atoms. The summed E-state index contributed by atoms with van der Waals surface area (Å²) in [5.74, 6) is 0. The highest BCUT2D eigenvalue weighted by molar-refractivity contribution is 7.89. The van der Waals surface area contributed by atoms with Crippen molar-refractivity contribution in [1.29, 1.82) is 0 Å². The van der Waals surface area contributed by atoms with Gasteiger partial charge in [0.25, 0.3) is 0 Å². The van der Waals surface area contributed by atoms with E-state index in [1.165, 1.54) is 28.6 Å². The van der Waals surface area contributed by atoms with Gasteiger partial charge in [-0.25, -0.2) is 8.42 Å². The third-order valence-corrected chi connectivity index (χ3v) is 12.3. The zero-order chi connectivity index (χ0) is 21.2. The summed E-state index contributed by atoms with van der Waals surface area (Å²) in [5.41, 5.74) is 0.269. The van der Waals surface area contributed by atoms with E-state index in [4.69, 9.17) is 14.5 Å². The Labute approximate surface area is 170 Å². The maximum Gasteiger partial charge on any atom is 0.488 e. The third kappa shape index (κ3) is 5.65. The average molecular weight is 428 g/mol. The maximum atomic E-state index is 12.8. The number of nitrogens with zero attached hydrogens (tertiary/aromatic N) is 2. The van der Waals surface area contributed by atoms with E-state index in [1.54, 1.807) is 0 Å². The fraction of sp³-hybridized carbons (Fsp3) is 0.667. The van der Waals surface area contributed by atoms with Crippen LogP contribution in [0.1, 0.15) is 20.8 Å². The second-order valence-electron chi connectivity index (χ2n) is 8.80. The first kappa shape index (κ1) is 23.5. The van der Waals surface area contributed by atoms with Gasteiger partial charge in [0.2, 0.25) is 10.0 Å². The molecule has 1 heterocycles. The molecule has 0 aliphatic carbocycles. The molecule has 0 unspecified atom stereocenters. The Morgan fingerprint density at radius 3 is 2.07 bits per heavy atom. The zero-order valence-electron chi connectivity index (χ0n) is 17.6. The van der Waals surface area contributed by atoms with Crippen LogP contribution in [0.5, 0.6) is 0 Å². The fourth-order valence-electron chi connectivity index (χ4n) is 2.80. The summed E-state index contributed by atoms with van der Waals surface area (Å²) in [4.78, 5) is 2.41. The van der Waals surface area contributed by atoms with Crippen LogP contribution >= 0.6 is 0 Å². The predicted octanol–water partition coefficient (Wildman–Crippen LogP) is 0.695. The third-order valence-electron chi connectivity index (χ3n) is 5.82. The van der Waals surface area contributed by atoms with Crippen molar-refractivity contribution < 1.29 is 22.9 Å². The summed E-state index contributed by atoms with van der Waals surface area (Å²) in [7, 11) is -6.93. The van der Waals surface area contributed by atoms with E-state index in [9.17, 15) is 8.42 Å². The molecule has 2 N–H and O–H groups in total. The summed E-state index contributed by atoms with van der Waals surface area (Å²) in [5, 5.41) is 18.5. The second kappa shape index (κ2) is 8.95. The average Bonchev–Trinajstić information content (AvgIpc) is 2.61. The molecule has 158 valence electrons. The van der Waals surface area contributed by atoms with Gasteiger partial charge in [0.15, 0.2) is 8.32 Å². The molecule has 7 nitrogen and oxygen atoms in total. The number of hydrogen-bond donors (Lipinski definition) is 2. The Kier molecular flexibility index (Phi) is 7.52. The van der Waals surface area contributed by atoms with E-state index in [2.05, 4.69) is 38.8 Å². The predicted molar refractivity (Wildman–Crippen MR) is 115 cm³/mol. The molecule has 1 saturated heterocycles. The van der Waals surface area contributed by atoms with Crippen LogP contribution in [-0.4, -0.2) is 82.4 Å². The van der Waals surface area contributed by atoms with Crippen LogP contribution in [0, 0.1) is 0 Å². The van der Waals surface area contributed by atoms with E-state index in [-0.39, 0.29) is 15.4 Å². The molecule has 2 rings (SSSR count). The number of sulfonamides is 1. The number of benzene rings is 1. The lowest BCUT2D eigenvalue weighted by Crippen LogP contribution is -2.50. The fourth-order valence-corrected chi connectivity index (χ4v) is 5.26. The maximum absolute atomic E-state index is 12.8. The van der Waals surface area contributed by atoms with Gasteiger partial charge in [-0.05, 0) is 35.7 Å². The van der Waals surface area contributed by atoms with Crippen LogP contribution in [0.15, 0.2) is 29.2 Å². The standard InChI is InChI=1S/C18H33BN2O5SSi/c1-18(2,3)28(4,5)26-15-14-20-10-12-21(13-11-20)27(24,25)17-8-6-16(7-9-17)19(22)23/h6-9,22-23H,10-15H2,1-5H3. The molecule has 1 fully saturated rings. The van der Waals surface area contributed by atoms with Crippen LogP contribution in [-0.2, 0) is 14.4 Å². The highest BCUT2D eigenvalue weighted by Gasteiger charge is 2.37. The molecule has 1 aliphatic heterocycles. The van der Waals surface area contributed by atoms with Gasteiger partial charge in [-0.15, -0.1) is 0 Å². The van der Waals surface area contributed by atoms with Crippen molar-refractivity contribution in [3.8, 4) is 0 Å². The Hall–Kier alpha value is -0.748. The van der Waals surface area contributed by atoms with Crippen molar-refractivity contribution in [3.63, 3.8) is 0 Å². The van der Waals surface area contributed by atoms with Gasteiger partial charge in [-0.2, -0.15) is 4.31 Å². The quantitative estimate of drug-likeness (QED) is 0.622. The summed E-state index contributed by atoms with van der Waals surface area (Å²) >= 11 is 0. The lowest BCUT2D eigenvalue weighted by atomic mass is 9.81. The molecule has 28 heavy (non-hydrogen) atoms. The highest BCUT2D eigenvalue weighted by atomic mass is 32.2. The van der Waals surface area contributed by atoms with Gasteiger partial charge in [-0.1, -0.05) is 32.9 Å². The number of rotatable bonds is 7. The molecule has 1 aromatic rings.